The fourth-order valence-corrected chi connectivity index (χ4v) is 0.952. The van der Waals surface area contributed by atoms with E-state index in [9.17, 15) is 0 Å². The third kappa shape index (κ3) is 1.80. The van der Waals surface area contributed by atoms with Gasteiger partial charge >= 0.3 is 0 Å². The van der Waals surface area contributed by atoms with E-state index in [4.69, 9.17) is 6.42 Å². The molecule has 62 valence electrons. The molecule has 1 aromatic rings. The van der Waals surface area contributed by atoms with Crippen LogP contribution in [-0.2, 0) is 0 Å². The maximum Gasteiger partial charge on any atom is 0.125 e. The number of rotatable bonds is 2. The summed E-state index contributed by atoms with van der Waals surface area (Å²) in [4.78, 5) is 8.18. The van der Waals surface area contributed by atoms with E-state index in [-0.39, 0.29) is 6.04 Å². The van der Waals surface area contributed by atoms with Gasteiger partial charge in [-0.3, -0.25) is 0 Å². The molecule has 0 saturated heterocycles. The molecule has 3 heteroatoms. The van der Waals surface area contributed by atoms with E-state index < -0.39 is 0 Å². The van der Waals surface area contributed by atoms with E-state index in [0.29, 0.717) is 0 Å². The van der Waals surface area contributed by atoms with Crippen LogP contribution in [0.3, 0.4) is 0 Å². The Balaban J connectivity index is 2.95. The predicted molar refractivity (Wildman–Crippen MR) is 47.4 cm³/mol. The SMILES string of the molecule is C#CC(NC)c1ccnc(C)n1. The van der Waals surface area contributed by atoms with Gasteiger partial charge in [0, 0.05) is 6.20 Å². The summed E-state index contributed by atoms with van der Waals surface area (Å²) in [5, 5.41) is 2.97. The van der Waals surface area contributed by atoms with Gasteiger partial charge in [0.05, 0.1) is 5.69 Å². The average Bonchev–Trinajstić information content (AvgIpc) is 2.07. The molecule has 1 unspecified atom stereocenters. The molecule has 0 saturated carbocycles. The normalized spacial score (nSPS) is 12.1. The van der Waals surface area contributed by atoms with Crippen LogP contribution in [0.25, 0.3) is 0 Å². The molecule has 1 rings (SSSR count). The summed E-state index contributed by atoms with van der Waals surface area (Å²) in [5.74, 6) is 3.33. The number of aryl methyl sites for hydroxylation is 1. The van der Waals surface area contributed by atoms with Gasteiger partial charge < -0.3 is 5.32 Å². The Kier molecular flexibility index (Phi) is 2.78. The summed E-state index contributed by atoms with van der Waals surface area (Å²) in [5.41, 5.74) is 0.840. The molecule has 0 amide bonds. The van der Waals surface area contributed by atoms with Crippen LogP contribution in [0.2, 0.25) is 0 Å². The second-order valence-corrected chi connectivity index (χ2v) is 2.42. The number of nitrogens with one attached hydrogen (secondary N) is 1. The molecule has 12 heavy (non-hydrogen) atoms. The van der Waals surface area contributed by atoms with Crippen molar-refractivity contribution in [3.05, 3.63) is 23.8 Å². The fraction of sp³-hybridized carbons (Fsp3) is 0.333. The van der Waals surface area contributed by atoms with Gasteiger partial charge in [-0.15, -0.1) is 6.42 Å². The zero-order chi connectivity index (χ0) is 8.97. The number of terminal acetylenes is 1. The minimum absolute atomic E-state index is 0.119. The molecule has 0 fully saturated rings. The highest BCUT2D eigenvalue weighted by Crippen LogP contribution is 2.06. The van der Waals surface area contributed by atoms with Gasteiger partial charge in [0.2, 0.25) is 0 Å². The summed E-state index contributed by atoms with van der Waals surface area (Å²) >= 11 is 0. The Bertz CT molecular complexity index is 301. The van der Waals surface area contributed by atoms with E-state index >= 15 is 0 Å². The van der Waals surface area contributed by atoms with Gasteiger partial charge in [0.1, 0.15) is 11.9 Å². The van der Waals surface area contributed by atoms with E-state index in [2.05, 4.69) is 21.2 Å². The topological polar surface area (TPSA) is 37.8 Å². The number of aromatic nitrogens is 2. The minimum Gasteiger partial charge on any atom is -0.302 e. The quantitative estimate of drug-likeness (QED) is 0.648. The second kappa shape index (κ2) is 3.84. The van der Waals surface area contributed by atoms with Crippen LogP contribution in [0.4, 0.5) is 0 Å². The number of hydrogen-bond donors (Lipinski definition) is 1. The molecule has 0 spiro atoms. The zero-order valence-electron chi connectivity index (χ0n) is 7.20. The summed E-state index contributed by atoms with van der Waals surface area (Å²) in [7, 11) is 1.81. The lowest BCUT2D eigenvalue weighted by Crippen LogP contribution is -2.16. The van der Waals surface area contributed by atoms with E-state index in [0.717, 1.165) is 11.5 Å². The van der Waals surface area contributed by atoms with Crippen LogP contribution in [0, 0.1) is 19.3 Å². The molecule has 0 aliphatic rings. The van der Waals surface area contributed by atoms with Gasteiger partial charge in [-0.2, -0.15) is 0 Å². The summed E-state index contributed by atoms with van der Waals surface area (Å²) < 4.78 is 0. The smallest absolute Gasteiger partial charge is 0.125 e. The van der Waals surface area contributed by atoms with Crippen molar-refractivity contribution in [3.8, 4) is 12.3 Å². The van der Waals surface area contributed by atoms with E-state index in [1.807, 2.05) is 20.0 Å². The first kappa shape index (κ1) is 8.69. The molecule has 1 N–H and O–H groups in total. The van der Waals surface area contributed by atoms with Gasteiger partial charge in [-0.25, -0.2) is 9.97 Å². The van der Waals surface area contributed by atoms with E-state index in [1.54, 1.807) is 6.20 Å². The standard InChI is InChI=1S/C9H11N3/c1-4-8(10-3)9-5-6-11-7(2)12-9/h1,5-6,8,10H,2-3H3. The fourth-order valence-electron chi connectivity index (χ4n) is 0.952. The van der Waals surface area contributed by atoms with Crippen LogP contribution < -0.4 is 5.32 Å². The molecule has 3 nitrogen and oxygen atoms in total. The molecule has 1 atom stereocenters. The van der Waals surface area contributed by atoms with Crippen molar-refractivity contribution in [2.24, 2.45) is 0 Å². The number of hydrogen-bond acceptors (Lipinski definition) is 3. The molecule has 1 heterocycles. The minimum atomic E-state index is -0.119. The van der Waals surface area contributed by atoms with Crippen LogP contribution in [-0.4, -0.2) is 17.0 Å². The highest BCUT2D eigenvalue weighted by molar-refractivity contribution is 5.17. The molecular weight excluding hydrogens is 150 g/mol. The summed E-state index contributed by atoms with van der Waals surface area (Å²) in [6.45, 7) is 1.84. The lowest BCUT2D eigenvalue weighted by atomic mass is 10.2. The maximum absolute atomic E-state index is 5.29. The maximum atomic E-state index is 5.29. The molecule has 1 aromatic heterocycles. The van der Waals surface area contributed by atoms with Crippen LogP contribution in [0.1, 0.15) is 17.6 Å². The van der Waals surface area contributed by atoms with Crippen LogP contribution in [0.5, 0.6) is 0 Å². The predicted octanol–water partition coefficient (Wildman–Crippen LogP) is 0.679. The Morgan fingerprint density at radius 3 is 2.92 bits per heavy atom. The van der Waals surface area contributed by atoms with Gasteiger partial charge in [-0.05, 0) is 20.0 Å². The zero-order valence-corrected chi connectivity index (χ0v) is 7.20. The van der Waals surface area contributed by atoms with Crippen molar-refractivity contribution in [2.75, 3.05) is 7.05 Å². The second-order valence-electron chi connectivity index (χ2n) is 2.42. The van der Waals surface area contributed by atoms with Crippen LogP contribution in [0.15, 0.2) is 12.3 Å². The first-order chi connectivity index (χ1) is 5.77. The van der Waals surface area contributed by atoms with Crippen molar-refractivity contribution in [2.45, 2.75) is 13.0 Å². The van der Waals surface area contributed by atoms with Crippen molar-refractivity contribution in [1.29, 1.82) is 0 Å². The summed E-state index contributed by atoms with van der Waals surface area (Å²) in [6, 6.07) is 1.69. The van der Waals surface area contributed by atoms with Gasteiger partial charge in [-0.1, -0.05) is 5.92 Å². The Morgan fingerprint density at radius 2 is 2.42 bits per heavy atom. The Hall–Kier alpha value is -1.40. The largest absolute Gasteiger partial charge is 0.302 e. The molecule has 0 radical (unpaired) electrons. The average molecular weight is 161 g/mol. The third-order valence-electron chi connectivity index (χ3n) is 1.55. The highest BCUT2D eigenvalue weighted by Gasteiger charge is 2.05. The Morgan fingerprint density at radius 1 is 1.67 bits per heavy atom. The Labute approximate surface area is 72.2 Å². The third-order valence-corrected chi connectivity index (χ3v) is 1.55. The first-order valence-corrected chi connectivity index (χ1v) is 3.71. The highest BCUT2D eigenvalue weighted by atomic mass is 14.9. The first-order valence-electron chi connectivity index (χ1n) is 3.71. The van der Waals surface area contributed by atoms with Gasteiger partial charge in [0.25, 0.3) is 0 Å². The number of nitrogens with zero attached hydrogens (tertiary/aromatic N) is 2. The van der Waals surface area contributed by atoms with Crippen molar-refractivity contribution >= 4 is 0 Å². The van der Waals surface area contributed by atoms with E-state index in [1.165, 1.54) is 0 Å². The molecule has 0 bridgehead atoms. The van der Waals surface area contributed by atoms with Crippen molar-refractivity contribution in [3.63, 3.8) is 0 Å². The lowest BCUT2D eigenvalue weighted by Gasteiger charge is -2.07. The molecule has 0 aliphatic heterocycles. The van der Waals surface area contributed by atoms with Crippen LogP contribution >= 0.6 is 0 Å². The molecule has 0 aliphatic carbocycles. The van der Waals surface area contributed by atoms with Gasteiger partial charge in [0.15, 0.2) is 0 Å². The van der Waals surface area contributed by atoms with Crippen molar-refractivity contribution < 1.29 is 0 Å². The van der Waals surface area contributed by atoms with Crippen molar-refractivity contribution in [1.82, 2.24) is 15.3 Å². The molecule has 0 aromatic carbocycles. The monoisotopic (exact) mass is 161 g/mol. The lowest BCUT2D eigenvalue weighted by molar-refractivity contribution is 0.705. The summed E-state index contributed by atoms with van der Waals surface area (Å²) in [6.07, 6.45) is 7.00. The molecular formula is C9H11N3.